The molecule has 0 amide bonds. The van der Waals surface area contributed by atoms with Crippen LogP contribution in [0.3, 0.4) is 0 Å². The number of hydrogen-bond acceptors (Lipinski definition) is 0. The van der Waals surface area contributed by atoms with Gasteiger partial charge in [0, 0.05) is 5.41 Å². The van der Waals surface area contributed by atoms with Gasteiger partial charge in [-0.15, -0.1) is 0 Å². The molecule has 0 saturated carbocycles. The molecule has 1 aliphatic rings. The molecule has 0 unspecified atom stereocenters. The van der Waals surface area contributed by atoms with Crippen LogP contribution >= 0.6 is 0 Å². The molecule has 230 valence electrons. The maximum absolute atomic E-state index is 2.46. The van der Waals surface area contributed by atoms with E-state index in [1.54, 1.807) is 0 Å². The molecule has 0 aliphatic heterocycles. The van der Waals surface area contributed by atoms with E-state index in [0.29, 0.717) is 0 Å². The highest BCUT2D eigenvalue weighted by molar-refractivity contribution is 6.24. The Morgan fingerprint density at radius 1 is 0.306 bits per heavy atom. The minimum Gasteiger partial charge on any atom is -0.0619 e. The Bertz CT molecular complexity index is 2780. The molecular formula is C49H34. The van der Waals surface area contributed by atoms with Gasteiger partial charge in [-0.25, -0.2) is 0 Å². The van der Waals surface area contributed by atoms with E-state index in [4.69, 9.17) is 0 Å². The van der Waals surface area contributed by atoms with Crippen molar-refractivity contribution in [3.8, 4) is 44.5 Å². The van der Waals surface area contributed by atoms with Gasteiger partial charge in [-0.2, -0.15) is 0 Å². The maximum atomic E-state index is 2.46. The molecule has 0 spiro atoms. The summed E-state index contributed by atoms with van der Waals surface area (Å²) in [6, 6.07) is 63.3. The van der Waals surface area contributed by atoms with Crippen LogP contribution in [0.2, 0.25) is 0 Å². The lowest BCUT2D eigenvalue weighted by Gasteiger charge is -2.22. The van der Waals surface area contributed by atoms with Gasteiger partial charge in [-0.3, -0.25) is 0 Å². The highest BCUT2D eigenvalue weighted by atomic mass is 14.4. The van der Waals surface area contributed by atoms with E-state index in [9.17, 15) is 0 Å². The normalized spacial score (nSPS) is 13.3. The Labute approximate surface area is 286 Å². The lowest BCUT2D eigenvalue weighted by atomic mass is 9.81. The molecule has 1 aliphatic carbocycles. The van der Waals surface area contributed by atoms with Crippen molar-refractivity contribution in [3.63, 3.8) is 0 Å². The topological polar surface area (TPSA) is 0 Å². The minimum atomic E-state index is -0.0334. The molecule has 0 heteroatoms. The van der Waals surface area contributed by atoms with Crippen LogP contribution in [0.1, 0.15) is 25.0 Å². The Kier molecular flexibility index (Phi) is 6.02. The van der Waals surface area contributed by atoms with Crippen molar-refractivity contribution < 1.29 is 0 Å². The summed E-state index contributed by atoms with van der Waals surface area (Å²) in [5.41, 5.74) is 13.1. The number of benzene rings is 9. The van der Waals surface area contributed by atoms with Crippen LogP contribution in [0.4, 0.5) is 0 Å². The van der Waals surface area contributed by atoms with Crippen molar-refractivity contribution in [2.45, 2.75) is 19.3 Å². The fourth-order valence-electron chi connectivity index (χ4n) is 8.74. The lowest BCUT2D eigenvalue weighted by Crippen LogP contribution is -2.14. The van der Waals surface area contributed by atoms with E-state index >= 15 is 0 Å². The van der Waals surface area contributed by atoms with E-state index in [0.717, 1.165) is 0 Å². The van der Waals surface area contributed by atoms with Crippen LogP contribution in [0.25, 0.3) is 87.6 Å². The first-order valence-electron chi connectivity index (χ1n) is 17.3. The molecule has 0 radical (unpaired) electrons. The zero-order valence-electron chi connectivity index (χ0n) is 27.7. The van der Waals surface area contributed by atoms with Gasteiger partial charge in [0.25, 0.3) is 0 Å². The number of rotatable bonds is 3. The van der Waals surface area contributed by atoms with Crippen LogP contribution in [-0.2, 0) is 5.41 Å². The summed E-state index contributed by atoms with van der Waals surface area (Å²) in [5, 5.41) is 10.2. The van der Waals surface area contributed by atoms with Crippen molar-refractivity contribution in [2.75, 3.05) is 0 Å². The quantitative estimate of drug-likeness (QED) is 0.172. The maximum Gasteiger partial charge on any atom is 0.0158 e. The molecule has 9 aromatic rings. The van der Waals surface area contributed by atoms with Gasteiger partial charge >= 0.3 is 0 Å². The monoisotopic (exact) mass is 622 g/mol. The van der Waals surface area contributed by atoms with Crippen molar-refractivity contribution in [3.05, 3.63) is 181 Å². The third kappa shape index (κ3) is 4.11. The summed E-state index contributed by atoms with van der Waals surface area (Å²) < 4.78 is 0. The molecule has 49 heavy (non-hydrogen) atoms. The zero-order valence-corrected chi connectivity index (χ0v) is 27.7. The predicted octanol–water partition coefficient (Wildman–Crippen LogP) is 13.6. The molecule has 9 aromatic carbocycles. The molecule has 0 nitrogen and oxygen atoms in total. The van der Waals surface area contributed by atoms with Crippen LogP contribution in [0.5, 0.6) is 0 Å². The summed E-state index contributed by atoms with van der Waals surface area (Å²) in [6.07, 6.45) is 0. The first-order valence-corrected chi connectivity index (χ1v) is 17.3. The first-order chi connectivity index (χ1) is 24.1. The Morgan fingerprint density at radius 3 is 1.57 bits per heavy atom. The van der Waals surface area contributed by atoms with Crippen LogP contribution < -0.4 is 0 Å². The van der Waals surface area contributed by atoms with Gasteiger partial charge in [0.05, 0.1) is 0 Å². The average Bonchev–Trinajstić information content (AvgIpc) is 3.38. The predicted molar refractivity (Wildman–Crippen MR) is 210 cm³/mol. The fourth-order valence-corrected chi connectivity index (χ4v) is 8.74. The third-order valence-corrected chi connectivity index (χ3v) is 11.1. The number of hydrogen-bond donors (Lipinski definition) is 0. The van der Waals surface area contributed by atoms with Crippen LogP contribution in [0.15, 0.2) is 170 Å². The SMILES string of the molecule is CC1(C)c2ccccc2-c2cc(-c3c4ccccc4c(-c4cccc5ccccc45)c4ccc(-c5cccc6ccccc56)cc34)ccc21. The van der Waals surface area contributed by atoms with E-state index in [1.807, 2.05) is 0 Å². The summed E-state index contributed by atoms with van der Waals surface area (Å²) in [4.78, 5) is 0. The van der Waals surface area contributed by atoms with Crippen molar-refractivity contribution >= 4 is 43.1 Å². The molecule has 0 fully saturated rings. The highest BCUT2D eigenvalue weighted by Gasteiger charge is 2.35. The van der Waals surface area contributed by atoms with Crippen molar-refractivity contribution in [1.82, 2.24) is 0 Å². The minimum absolute atomic E-state index is 0.0334. The lowest BCUT2D eigenvalue weighted by molar-refractivity contribution is 0.660. The summed E-state index contributed by atoms with van der Waals surface area (Å²) in [7, 11) is 0. The largest absolute Gasteiger partial charge is 0.0619 e. The fraction of sp³-hybridized carbons (Fsp3) is 0.0612. The molecule has 0 saturated heterocycles. The van der Waals surface area contributed by atoms with Gasteiger partial charge in [0.2, 0.25) is 0 Å². The van der Waals surface area contributed by atoms with E-state index in [-0.39, 0.29) is 5.41 Å². The van der Waals surface area contributed by atoms with E-state index in [1.165, 1.54) is 98.7 Å². The van der Waals surface area contributed by atoms with Crippen molar-refractivity contribution in [1.29, 1.82) is 0 Å². The molecule has 0 aromatic heterocycles. The Balaban J connectivity index is 1.34. The second kappa shape index (κ2) is 10.5. The third-order valence-electron chi connectivity index (χ3n) is 11.1. The standard InChI is InChI=1S/C49H34/c1-49(2)45-24-10-9-19-38(45)43-30-34(26-28-46(43)49)47-40-20-7-8-21-41(40)48(39-23-12-16-32-14-4-6-18-36(32)39)42-27-25-33(29-44(42)47)37-22-11-15-31-13-3-5-17-35(31)37/h3-30H,1-2H3. The summed E-state index contributed by atoms with van der Waals surface area (Å²) in [6.45, 7) is 4.72. The molecule has 0 N–H and O–H groups in total. The summed E-state index contributed by atoms with van der Waals surface area (Å²) >= 11 is 0. The van der Waals surface area contributed by atoms with Crippen molar-refractivity contribution in [2.24, 2.45) is 0 Å². The second-order valence-electron chi connectivity index (χ2n) is 14.0. The first kappa shape index (κ1) is 28.1. The second-order valence-corrected chi connectivity index (χ2v) is 14.0. The van der Waals surface area contributed by atoms with Crippen LogP contribution in [-0.4, -0.2) is 0 Å². The Morgan fingerprint density at radius 2 is 0.816 bits per heavy atom. The Hall–Kier alpha value is -5.98. The van der Waals surface area contributed by atoms with Gasteiger partial charge in [0.15, 0.2) is 0 Å². The number of fused-ring (bicyclic) bond motifs is 7. The van der Waals surface area contributed by atoms with E-state index in [2.05, 4.69) is 184 Å². The highest BCUT2D eigenvalue weighted by Crippen LogP contribution is 2.52. The zero-order chi connectivity index (χ0) is 32.7. The summed E-state index contributed by atoms with van der Waals surface area (Å²) in [5.74, 6) is 0. The average molecular weight is 623 g/mol. The van der Waals surface area contributed by atoms with Gasteiger partial charge in [-0.05, 0) is 111 Å². The molecule has 0 bridgehead atoms. The van der Waals surface area contributed by atoms with Gasteiger partial charge in [0.1, 0.15) is 0 Å². The van der Waals surface area contributed by atoms with Gasteiger partial charge in [-0.1, -0.05) is 172 Å². The van der Waals surface area contributed by atoms with Gasteiger partial charge < -0.3 is 0 Å². The molecular weight excluding hydrogens is 589 g/mol. The van der Waals surface area contributed by atoms with E-state index < -0.39 is 0 Å². The molecule has 0 atom stereocenters. The molecule has 10 rings (SSSR count). The smallest absolute Gasteiger partial charge is 0.0158 e. The molecule has 0 heterocycles. The van der Waals surface area contributed by atoms with Crippen LogP contribution in [0, 0.1) is 0 Å².